The number of halogens is 1. The fourth-order valence-corrected chi connectivity index (χ4v) is 3.65. The minimum absolute atomic E-state index is 0.581. The Labute approximate surface area is 92.9 Å². The molecule has 2 nitrogen and oxygen atoms in total. The molecular weight excluding hydrogens is 216 g/mol. The minimum atomic E-state index is 0.581. The van der Waals surface area contributed by atoms with Crippen molar-refractivity contribution in [1.82, 2.24) is 4.98 Å². The molecule has 1 aliphatic carbocycles. The first-order valence-electron chi connectivity index (χ1n) is 4.95. The molecule has 2 atom stereocenters. The van der Waals surface area contributed by atoms with Crippen LogP contribution in [0.3, 0.4) is 0 Å². The van der Waals surface area contributed by atoms with Crippen molar-refractivity contribution in [2.24, 2.45) is 17.3 Å². The largest absolute Gasteiger partial charge is 0.347 e. The van der Waals surface area contributed by atoms with Gasteiger partial charge in [0.2, 0.25) is 0 Å². The summed E-state index contributed by atoms with van der Waals surface area (Å²) in [4.78, 5) is 6.68. The first-order chi connectivity index (χ1) is 6.59. The van der Waals surface area contributed by atoms with Crippen molar-refractivity contribution < 1.29 is 0 Å². The van der Waals surface area contributed by atoms with Crippen molar-refractivity contribution in [3.8, 4) is 0 Å². The van der Waals surface area contributed by atoms with Gasteiger partial charge in [-0.3, -0.25) is 0 Å². The van der Waals surface area contributed by atoms with Crippen LogP contribution in [0.2, 0.25) is 5.15 Å². The van der Waals surface area contributed by atoms with Gasteiger partial charge in [-0.1, -0.05) is 25.4 Å². The third kappa shape index (κ3) is 1.12. The molecule has 1 saturated heterocycles. The Morgan fingerprint density at radius 2 is 2.14 bits per heavy atom. The molecule has 1 saturated carbocycles. The molecule has 2 heterocycles. The molecule has 2 aliphatic rings. The lowest BCUT2D eigenvalue weighted by atomic mass is 10.1. The zero-order valence-corrected chi connectivity index (χ0v) is 9.90. The fourth-order valence-electron chi connectivity index (χ4n) is 2.68. The van der Waals surface area contributed by atoms with E-state index >= 15 is 0 Å². The Balaban J connectivity index is 1.75. The number of thiazole rings is 1. The highest BCUT2D eigenvalue weighted by Crippen LogP contribution is 2.62. The second-order valence-corrected chi connectivity index (χ2v) is 6.12. The summed E-state index contributed by atoms with van der Waals surface area (Å²) < 4.78 is 0. The van der Waals surface area contributed by atoms with E-state index in [4.69, 9.17) is 11.6 Å². The maximum Gasteiger partial charge on any atom is 0.186 e. The summed E-state index contributed by atoms with van der Waals surface area (Å²) in [7, 11) is 0. The van der Waals surface area contributed by atoms with Crippen LogP contribution < -0.4 is 4.90 Å². The fraction of sp³-hybridized carbons (Fsp3) is 0.700. The molecule has 1 aromatic heterocycles. The number of hydrogen-bond donors (Lipinski definition) is 0. The van der Waals surface area contributed by atoms with Crippen molar-refractivity contribution in [2.75, 3.05) is 18.0 Å². The second-order valence-electron chi connectivity index (χ2n) is 4.89. The van der Waals surface area contributed by atoms with E-state index in [0.29, 0.717) is 10.6 Å². The summed E-state index contributed by atoms with van der Waals surface area (Å²) in [5.74, 6) is 1.76. The van der Waals surface area contributed by atoms with Gasteiger partial charge in [0.25, 0.3) is 0 Å². The van der Waals surface area contributed by atoms with Gasteiger partial charge in [-0.05, 0) is 17.3 Å². The summed E-state index contributed by atoms with van der Waals surface area (Å²) in [6, 6.07) is 0. The Morgan fingerprint density at radius 3 is 2.64 bits per heavy atom. The Kier molecular flexibility index (Phi) is 1.69. The van der Waals surface area contributed by atoms with E-state index in [2.05, 4.69) is 23.7 Å². The topological polar surface area (TPSA) is 16.1 Å². The summed E-state index contributed by atoms with van der Waals surface area (Å²) >= 11 is 7.47. The normalized spacial score (nSPS) is 33.2. The number of hydrogen-bond acceptors (Lipinski definition) is 3. The first kappa shape index (κ1) is 8.98. The van der Waals surface area contributed by atoms with Gasteiger partial charge in [0.15, 0.2) is 5.13 Å². The SMILES string of the molecule is CC1(C)C2CN(c3nc(Cl)cs3)CC21. The molecule has 0 amide bonds. The maximum atomic E-state index is 5.82. The quantitative estimate of drug-likeness (QED) is 0.735. The van der Waals surface area contributed by atoms with Crippen LogP contribution >= 0.6 is 22.9 Å². The van der Waals surface area contributed by atoms with E-state index in [1.165, 1.54) is 13.1 Å². The monoisotopic (exact) mass is 228 g/mol. The lowest BCUT2D eigenvalue weighted by Gasteiger charge is -2.20. The molecule has 76 valence electrons. The van der Waals surface area contributed by atoms with Gasteiger partial charge >= 0.3 is 0 Å². The Hall–Kier alpha value is -0.280. The number of anilines is 1. The van der Waals surface area contributed by atoms with Crippen molar-refractivity contribution in [3.05, 3.63) is 10.5 Å². The molecule has 2 unspecified atom stereocenters. The first-order valence-corrected chi connectivity index (χ1v) is 6.21. The summed E-state index contributed by atoms with van der Waals surface area (Å²) in [6.45, 7) is 7.08. The van der Waals surface area contributed by atoms with Crippen LogP contribution in [-0.2, 0) is 0 Å². The van der Waals surface area contributed by atoms with Gasteiger partial charge in [-0.15, -0.1) is 11.3 Å². The highest BCUT2D eigenvalue weighted by Gasteiger charge is 2.62. The lowest BCUT2D eigenvalue weighted by Crippen LogP contribution is -2.25. The van der Waals surface area contributed by atoms with Crippen molar-refractivity contribution in [3.63, 3.8) is 0 Å². The molecule has 0 N–H and O–H groups in total. The van der Waals surface area contributed by atoms with Crippen LogP contribution in [0.1, 0.15) is 13.8 Å². The van der Waals surface area contributed by atoms with Crippen molar-refractivity contribution >= 4 is 28.1 Å². The van der Waals surface area contributed by atoms with Gasteiger partial charge in [-0.2, -0.15) is 0 Å². The van der Waals surface area contributed by atoms with E-state index in [1.807, 2.05) is 5.38 Å². The molecular formula is C10H13ClN2S. The zero-order chi connectivity index (χ0) is 9.92. The zero-order valence-electron chi connectivity index (χ0n) is 8.33. The Bertz CT molecular complexity index is 360. The summed E-state index contributed by atoms with van der Waals surface area (Å²) in [6.07, 6.45) is 0. The highest BCUT2D eigenvalue weighted by molar-refractivity contribution is 7.14. The molecule has 0 bridgehead atoms. The molecule has 3 rings (SSSR count). The third-order valence-corrected chi connectivity index (χ3v) is 5.08. The van der Waals surface area contributed by atoms with E-state index < -0.39 is 0 Å². The molecule has 1 aromatic rings. The summed E-state index contributed by atoms with van der Waals surface area (Å²) in [5, 5.41) is 3.63. The van der Waals surface area contributed by atoms with Gasteiger partial charge < -0.3 is 4.90 Å². The summed E-state index contributed by atoms with van der Waals surface area (Å²) in [5.41, 5.74) is 0.581. The molecule has 0 aromatic carbocycles. The smallest absolute Gasteiger partial charge is 0.186 e. The van der Waals surface area contributed by atoms with Gasteiger partial charge in [-0.25, -0.2) is 4.98 Å². The van der Waals surface area contributed by atoms with Crippen LogP contribution in [0.25, 0.3) is 0 Å². The van der Waals surface area contributed by atoms with Crippen LogP contribution in [0, 0.1) is 17.3 Å². The number of nitrogens with zero attached hydrogens (tertiary/aromatic N) is 2. The average Bonchev–Trinajstić information content (AvgIpc) is 2.62. The predicted molar refractivity (Wildman–Crippen MR) is 60.1 cm³/mol. The molecule has 1 aliphatic heterocycles. The number of rotatable bonds is 1. The van der Waals surface area contributed by atoms with Crippen molar-refractivity contribution in [2.45, 2.75) is 13.8 Å². The van der Waals surface area contributed by atoms with E-state index in [-0.39, 0.29) is 0 Å². The Morgan fingerprint density at radius 1 is 1.50 bits per heavy atom. The number of piperidine rings is 1. The number of aromatic nitrogens is 1. The van der Waals surface area contributed by atoms with Crippen LogP contribution in [0.5, 0.6) is 0 Å². The van der Waals surface area contributed by atoms with Crippen LogP contribution in [0.4, 0.5) is 5.13 Å². The minimum Gasteiger partial charge on any atom is -0.347 e. The molecule has 0 spiro atoms. The molecule has 2 fully saturated rings. The van der Waals surface area contributed by atoms with Gasteiger partial charge in [0, 0.05) is 18.5 Å². The lowest BCUT2D eigenvalue weighted by molar-refractivity contribution is 0.499. The second kappa shape index (κ2) is 2.64. The maximum absolute atomic E-state index is 5.82. The van der Waals surface area contributed by atoms with E-state index in [0.717, 1.165) is 17.0 Å². The van der Waals surface area contributed by atoms with Crippen molar-refractivity contribution in [1.29, 1.82) is 0 Å². The molecule has 4 heteroatoms. The number of fused-ring (bicyclic) bond motifs is 1. The highest BCUT2D eigenvalue weighted by atomic mass is 35.5. The van der Waals surface area contributed by atoms with Gasteiger partial charge in [0.05, 0.1) is 0 Å². The predicted octanol–water partition coefficient (Wildman–Crippen LogP) is 2.89. The third-order valence-electron chi connectivity index (χ3n) is 3.86. The van der Waals surface area contributed by atoms with Crippen LogP contribution in [0.15, 0.2) is 5.38 Å². The molecule has 0 radical (unpaired) electrons. The average molecular weight is 229 g/mol. The van der Waals surface area contributed by atoms with Gasteiger partial charge in [0.1, 0.15) is 5.15 Å². The molecule has 14 heavy (non-hydrogen) atoms. The standard InChI is InChI=1S/C10H13ClN2S/c1-10(2)6-3-13(4-7(6)10)9-12-8(11)5-14-9/h5-7H,3-4H2,1-2H3. The van der Waals surface area contributed by atoms with E-state index in [1.54, 1.807) is 11.3 Å². The van der Waals surface area contributed by atoms with E-state index in [9.17, 15) is 0 Å². The van der Waals surface area contributed by atoms with Crippen LogP contribution in [-0.4, -0.2) is 18.1 Å².